The van der Waals surface area contributed by atoms with E-state index in [1.165, 1.54) is 0 Å². The average Bonchev–Trinajstić information content (AvgIpc) is 3.07. The smallest absolute Gasteiger partial charge is 0.168 e. The van der Waals surface area contributed by atoms with Crippen molar-refractivity contribution in [2.75, 3.05) is 14.2 Å². The lowest BCUT2D eigenvalue weighted by Gasteiger charge is -2.19. The molecule has 1 heterocycles. The van der Waals surface area contributed by atoms with Gasteiger partial charge in [0.25, 0.3) is 0 Å². The molecule has 42 heavy (non-hydrogen) atoms. The molecule has 0 amide bonds. The number of aliphatic hydroxyl groups excluding tert-OH is 2. The molecule has 208 valence electrons. The normalized spacial score (nSPS) is 11.0. The van der Waals surface area contributed by atoms with E-state index < -0.39 is 0 Å². The number of aliphatic hydroxyl groups is 2. The molecule has 0 saturated heterocycles. The molecule has 2 N–H and O–H groups in total. The number of nitrogens with zero attached hydrogens (tertiary/aromatic N) is 1. The maximum Gasteiger partial charge on any atom is 0.168 e. The summed E-state index contributed by atoms with van der Waals surface area (Å²) in [4.78, 5) is 4.82. The van der Waals surface area contributed by atoms with E-state index in [-0.39, 0.29) is 13.2 Å². The molecule has 5 nitrogen and oxygen atoms in total. The second-order valence-corrected chi connectivity index (χ2v) is 10.1. The second-order valence-electron chi connectivity index (χ2n) is 10.1. The van der Waals surface area contributed by atoms with Gasteiger partial charge in [0.2, 0.25) is 0 Å². The van der Waals surface area contributed by atoms with Crippen LogP contribution in [-0.2, 0) is 13.2 Å². The molecule has 5 heteroatoms. The molecule has 0 aliphatic heterocycles. The molecular formula is C37H31NO4. The number of aromatic nitrogens is 1. The number of hydrogen-bond acceptors (Lipinski definition) is 5. The molecule has 0 aliphatic rings. The zero-order valence-corrected chi connectivity index (χ0v) is 23.5. The van der Waals surface area contributed by atoms with Crippen LogP contribution in [-0.4, -0.2) is 29.4 Å². The zero-order valence-electron chi connectivity index (χ0n) is 23.5. The van der Waals surface area contributed by atoms with Gasteiger partial charge in [-0.3, -0.25) is 4.98 Å². The Bertz CT molecular complexity index is 1870. The van der Waals surface area contributed by atoms with Crippen LogP contribution in [0.4, 0.5) is 0 Å². The monoisotopic (exact) mass is 553 g/mol. The number of rotatable bonds is 8. The van der Waals surface area contributed by atoms with E-state index in [2.05, 4.69) is 54.6 Å². The van der Waals surface area contributed by atoms with E-state index in [4.69, 9.17) is 14.5 Å². The quantitative estimate of drug-likeness (QED) is 0.200. The van der Waals surface area contributed by atoms with E-state index >= 15 is 0 Å². The maximum atomic E-state index is 10.1. The van der Waals surface area contributed by atoms with Crippen LogP contribution in [0.2, 0.25) is 0 Å². The summed E-state index contributed by atoms with van der Waals surface area (Å²) >= 11 is 0. The molecule has 0 unspecified atom stereocenters. The number of methoxy groups -OCH3 is 2. The lowest BCUT2D eigenvalue weighted by Crippen LogP contribution is -1.99. The van der Waals surface area contributed by atoms with E-state index in [1.807, 2.05) is 60.8 Å². The van der Waals surface area contributed by atoms with Crippen molar-refractivity contribution in [2.24, 2.45) is 0 Å². The summed E-state index contributed by atoms with van der Waals surface area (Å²) in [6.07, 6.45) is 1.87. The topological polar surface area (TPSA) is 71.8 Å². The highest BCUT2D eigenvalue weighted by molar-refractivity contribution is 6.03. The Morgan fingerprint density at radius 2 is 1.21 bits per heavy atom. The molecule has 0 atom stereocenters. The van der Waals surface area contributed by atoms with Crippen LogP contribution in [0.5, 0.6) is 11.5 Å². The van der Waals surface area contributed by atoms with Crippen LogP contribution >= 0.6 is 0 Å². The highest BCUT2D eigenvalue weighted by Crippen LogP contribution is 2.45. The Labute approximate surface area is 245 Å². The Morgan fingerprint density at radius 3 is 1.88 bits per heavy atom. The van der Waals surface area contributed by atoms with Gasteiger partial charge >= 0.3 is 0 Å². The van der Waals surface area contributed by atoms with Gasteiger partial charge in [-0.1, -0.05) is 78.9 Å². The number of benzene rings is 5. The molecule has 0 saturated carbocycles. The van der Waals surface area contributed by atoms with E-state index in [9.17, 15) is 10.2 Å². The number of fused-ring (bicyclic) bond motifs is 1. The Morgan fingerprint density at radius 1 is 0.571 bits per heavy atom. The van der Waals surface area contributed by atoms with Crippen molar-refractivity contribution < 1.29 is 19.7 Å². The van der Waals surface area contributed by atoms with Crippen molar-refractivity contribution in [1.82, 2.24) is 4.98 Å². The van der Waals surface area contributed by atoms with Gasteiger partial charge in [-0.15, -0.1) is 0 Å². The van der Waals surface area contributed by atoms with Gasteiger partial charge in [0.1, 0.15) is 0 Å². The van der Waals surface area contributed by atoms with Gasteiger partial charge < -0.3 is 19.7 Å². The average molecular weight is 554 g/mol. The van der Waals surface area contributed by atoms with Crippen LogP contribution < -0.4 is 9.47 Å². The van der Waals surface area contributed by atoms with E-state index in [0.29, 0.717) is 22.6 Å². The van der Waals surface area contributed by atoms with E-state index in [1.54, 1.807) is 14.2 Å². The van der Waals surface area contributed by atoms with Gasteiger partial charge in [-0.25, -0.2) is 0 Å². The third kappa shape index (κ3) is 5.00. The van der Waals surface area contributed by atoms with Crippen LogP contribution in [0.1, 0.15) is 11.1 Å². The summed E-state index contributed by atoms with van der Waals surface area (Å²) < 4.78 is 11.8. The first-order valence-corrected chi connectivity index (χ1v) is 13.8. The molecule has 0 bridgehead atoms. The molecule has 0 aliphatic carbocycles. The fourth-order valence-electron chi connectivity index (χ4n) is 5.59. The first kappa shape index (κ1) is 27.2. The van der Waals surface area contributed by atoms with Crippen LogP contribution in [0.15, 0.2) is 115 Å². The molecule has 6 rings (SSSR count). The summed E-state index contributed by atoms with van der Waals surface area (Å²) in [6.45, 7) is -0.348. The van der Waals surface area contributed by atoms with Crippen molar-refractivity contribution in [3.8, 4) is 56.0 Å². The third-order valence-corrected chi connectivity index (χ3v) is 7.66. The van der Waals surface area contributed by atoms with Gasteiger partial charge in [-0.05, 0) is 69.3 Å². The van der Waals surface area contributed by atoms with Crippen molar-refractivity contribution in [2.45, 2.75) is 13.2 Å². The maximum absolute atomic E-state index is 10.1. The first-order valence-electron chi connectivity index (χ1n) is 13.8. The first-order chi connectivity index (χ1) is 20.6. The predicted molar refractivity (Wildman–Crippen MR) is 168 cm³/mol. The van der Waals surface area contributed by atoms with Crippen molar-refractivity contribution in [3.05, 3.63) is 127 Å². The van der Waals surface area contributed by atoms with Gasteiger partial charge in [0, 0.05) is 28.3 Å². The summed E-state index contributed by atoms with van der Waals surface area (Å²) in [5.74, 6) is 1.26. The molecule has 6 aromatic rings. The van der Waals surface area contributed by atoms with Crippen molar-refractivity contribution in [3.63, 3.8) is 0 Å². The minimum Gasteiger partial charge on any atom is -0.493 e. The predicted octanol–water partition coefficient (Wildman–Crippen LogP) is 7.90. The Hall–Kier alpha value is -4.97. The Kier molecular flexibility index (Phi) is 7.69. The van der Waals surface area contributed by atoms with Crippen LogP contribution in [0, 0.1) is 0 Å². The third-order valence-electron chi connectivity index (χ3n) is 7.66. The fourth-order valence-corrected chi connectivity index (χ4v) is 5.59. The summed E-state index contributed by atoms with van der Waals surface area (Å²) in [5.41, 5.74) is 10.0. The SMILES string of the molecule is COc1cc(-c2cnc3cc(CO)c(CO)cc3c2-c2ccccc2)cc(-c2cccc(-c3ccccc3)c2)c1OC. The number of ether oxygens (including phenoxy) is 2. The summed E-state index contributed by atoms with van der Waals surface area (Å²) in [6, 6.07) is 36.7. The molecule has 5 aromatic carbocycles. The number of hydrogen-bond donors (Lipinski definition) is 2. The van der Waals surface area contributed by atoms with Crippen LogP contribution in [0.3, 0.4) is 0 Å². The Balaban J connectivity index is 1.62. The molecule has 0 radical (unpaired) electrons. The van der Waals surface area contributed by atoms with Crippen molar-refractivity contribution >= 4 is 10.9 Å². The lowest BCUT2D eigenvalue weighted by atomic mass is 9.89. The van der Waals surface area contributed by atoms with Gasteiger partial charge in [0.15, 0.2) is 11.5 Å². The summed E-state index contributed by atoms with van der Waals surface area (Å²) in [7, 11) is 3.30. The largest absolute Gasteiger partial charge is 0.493 e. The number of pyridine rings is 1. The minimum atomic E-state index is -0.178. The minimum absolute atomic E-state index is 0.170. The molecule has 1 aromatic heterocycles. The molecule has 0 spiro atoms. The van der Waals surface area contributed by atoms with E-state index in [0.717, 1.165) is 55.4 Å². The lowest BCUT2D eigenvalue weighted by molar-refractivity contribution is 0.260. The molecular weight excluding hydrogens is 522 g/mol. The zero-order chi connectivity index (χ0) is 29.1. The van der Waals surface area contributed by atoms with Gasteiger partial charge in [0.05, 0.1) is 33.0 Å². The fraction of sp³-hybridized carbons (Fsp3) is 0.108. The second kappa shape index (κ2) is 11.9. The van der Waals surface area contributed by atoms with Crippen LogP contribution in [0.25, 0.3) is 55.4 Å². The molecule has 0 fully saturated rings. The van der Waals surface area contributed by atoms with Gasteiger partial charge in [-0.2, -0.15) is 0 Å². The van der Waals surface area contributed by atoms with Crippen molar-refractivity contribution in [1.29, 1.82) is 0 Å². The summed E-state index contributed by atoms with van der Waals surface area (Å²) in [5, 5.41) is 20.9. The highest BCUT2D eigenvalue weighted by atomic mass is 16.5. The highest BCUT2D eigenvalue weighted by Gasteiger charge is 2.20. The standard InChI is InChI=1S/C37H31NO4/c1-41-35-20-28(17-31(37(35)42-2)27-15-9-14-26(16-27)24-10-5-3-6-11-24)33-21-38-34-19-30(23-40)29(22-39)18-32(34)36(33)25-12-7-4-8-13-25/h3-21,39-40H,22-23H2,1-2H3.